The first-order valence-corrected chi connectivity index (χ1v) is 21.2. The fraction of sp³-hybridized carbons (Fsp3) is 0.231. The maximum atomic E-state index is 11.2. The molecule has 0 fully saturated rings. The van der Waals surface area contributed by atoms with Crippen LogP contribution in [0.2, 0.25) is 0 Å². The normalized spacial score (nSPS) is 7.09. The largest absolute Gasteiger partial charge is 0 e. The summed E-state index contributed by atoms with van der Waals surface area (Å²) in [5.74, 6) is 0. The van der Waals surface area contributed by atoms with Crippen molar-refractivity contribution in [1.82, 2.24) is 0 Å². The maximum Gasteiger partial charge on any atom is 0 e. The molecule has 200 valence electrons. The Kier molecular flexibility index (Phi) is 112. The van der Waals surface area contributed by atoms with E-state index in [0.29, 0.717) is 0 Å². The van der Waals surface area contributed by atoms with E-state index in [0.717, 1.165) is 4.08 Å². The monoisotopic (exact) mass is 1250 g/mol. The van der Waals surface area contributed by atoms with Gasteiger partial charge in [-0.1, -0.05) is 67.8 Å². The summed E-state index contributed by atoms with van der Waals surface area (Å²) in [5.41, 5.74) is 0. The van der Waals surface area contributed by atoms with Crippen molar-refractivity contribution in [3.63, 3.8) is 0 Å². The second-order valence-electron chi connectivity index (χ2n) is 2.79. The smallest absolute Gasteiger partial charge is 0 e. The van der Waals surface area contributed by atoms with Crippen molar-refractivity contribution in [1.29, 1.82) is 0 Å². The van der Waals surface area contributed by atoms with Crippen LogP contribution in [0.1, 0.15) is 0 Å². The maximum absolute atomic E-state index is 11.2. The molecule has 0 saturated carbocycles. The van der Waals surface area contributed by atoms with E-state index in [1.807, 2.05) is 0 Å². The minimum absolute atomic E-state index is 0. The van der Waals surface area contributed by atoms with Gasteiger partial charge in [0.05, 0.1) is 12.9 Å². The standard InChI is InChI=1S/C4H2F4.C2H2ClF2I.C2HF2I.C2H2F2.C2HF2.CH2I2.HI.K.H2O.2Zn/c5-3(6)1-2-4(7)8;3-2(4,5)1-6;3-2(4)1-5;2*1-2(3)4;2-1-3;;;;;/h1-2H;1H2;1H;1H2;1H;1H2;1H;;1H2;;/q;;;;-1;;;+1;;;+2/p-2. The van der Waals surface area contributed by atoms with Crippen LogP contribution in [-0.4, -0.2) is 17.7 Å². The molecule has 0 aliphatic rings. The molecule has 1 N–H and O–H groups in total. The Morgan fingerprint density at radius 2 is 0.943 bits per heavy atom. The van der Waals surface area contributed by atoms with Crippen molar-refractivity contribution in [2.45, 2.75) is 5.38 Å². The van der Waals surface area contributed by atoms with Crippen molar-refractivity contribution >= 4 is 122 Å². The Labute approximate surface area is 330 Å². The zero-order valence-electron chi connectivity index (χ0n) is 17.1. The van der Waals surface area contributed by atoms with Crippen LogP contribution in [0.15, 0.2) is 53.2 Å². The van der Waals surface area contributed by atoms with Crippen molar-refractivity contribution in [3.8, 4) is 0 Å². The van der Waals surface area contributed by atoms with Gasteiger partial charge >= 0.3 is 91.3 Å². The third-order valence-electron chi connectivity index (χ3n) is 0.569. The molecule has 0 radical (unpaired) electrons. The van der Waals surface area contributed by atoms with Crippen LogP contribution in [0.25, 0.3) is 0 Å². The van der Waals surface area contributed by atoms with Crippen LogP contribution < -0.4 is 51.4 Å². The quantitative estimate of drug-likeness (QED) is 0.0679. The first-order chi connectivity index (χ1) is 14.3. The summed E-state index contributed by atoms with van der Waals surface area (Å²) in [4.78, 5) is 0. The SMILES string of the molecule is C=C(F)F.FC(F)(Cl)CI.FC(F)=CC=C(F)F.FC(F)=CI.ICI.[CH-]=C(F)F.[K+].[OH-].[Zn+][I].[Zn]. The molecule has 0 rings (SSSR count). The molecular weight excluding hydrogens is 1240 g/mol. The molecule has 0 heterocycles. The Hall–Kier alpha value is 4.64. The van der Waals surface area contributed by atoms with Gasteiger partial charge < -0.3 is 12.1 Å². The van der Waals surface area contributed by atoms with Crippen molar-refractivity contribution in [2.24, 2.45) is 0 Å². The van der Waals surface area contributed by atoms with Gasteiger partial charge in [-0.2, -0.15) is 43.9 Å². The molecular formula is C13H11ClF12I5KOZn2. The molecule has 0 amide bonds. The third kappa shape index (κ3) is 242. The molecule has 22 heteroatoms. The van der Waals surface area contributed by atoms with E-state index in [1.54, 1.807) is 0 Å². The number of hydrogen-bond acceptors (Lipinski definition) is 1. The summed E-state index contributed by atoms with van der Waals surface area (Å²) < 4.78 is 129. The number of alkyl halides is 6. The van der Waals surface area contributed by atoms with E-state index in [4.69, 9.17) is 0 Å². The van der Waals surface area contributed by atoms with Crippen molar-refractivity contribution in [3.05, 3.63) is 59.8 Å². The van der Waals surface area contributed by atoms with Crippen LogP contribution in [0.3, 0.4) is 0 Å². The summed E-state index contributed by atoms with van der Waals surface area (Å²) in [6.07, 6.45) is -9.73. The summed E-state index contributed by atoms with van der Waals surface area (Å²) in [7, 11) is 0. The predicted octanol–water partition coefficient (Wildman–Crippen LogP) is 9.08. The molecule has 0 saturated heterocycles. The average Bonchev–Trinajstić information content (AvgIpc) is 2.62. The predicted molar refractivity (Wildman–Crippen MR) is 145 cm³/mol. The average molecular weight is 1250 g/mol. The number of allylic oxidation sites excluding steroid dienone is 2. The Balaban J connectivity index is -0.0000000266. The minimum atomic E-state index is -3.00. The molecule has 0 unspecified atom stereocenters. The first kappa shape index (κ1) is 67.4. The van der Waals surface area contributed by atoms with Crippen LogP contribution in [-0.2, 0) is 34.3 Å². The van der Waals surface area contributed by atoms with Crippen LogP contribution in [0.4, 0.5) is 52.7 Å². The second kappa shape index (κ2) is 58.3. The van der Waals surface area contributed by atoms with Gasteiger partial charge in [0, 0.05) is 35.7 Å². The fourth-order valence-corrected chi connectivity index (χ4v) is 0.126. The Morgan fingerprint density at radius 3 is 0.971 bits per heavy atom. The summed E-state index contributed by atoms with van der Waals surface area (Å²) in [5, 5.41) is -3.00. The van der Waals surface area contributed by atoms with Gasteiger partial charge in [0.25, 0.3) is 24.3 Å². The molecule has 1 nitrogen and oxygen atoms in total. The number of halogens is 18. The van der Waals surface area contributed by atoms with E-state index in [2.05, 4.69) is 89.7 Å². The Morgan fingerprint density at radius 1 is 0.829 bits per heavy atom. The minimum Gasteiger partial charge on any atom is 0 e. The van der Waals surface area contributed by atoms with Crippen LogP contribution in [0, 0.1) is 6.58 Å². The van der Waals surface area contributed by atoms with Gasteiger partial charge in [-0.05, 0) is 40.8 Å². The Bertz CT molecular complexity index is 472. The molecule has 35 heavy (non-hydrogen) atoms. The van der Waals surface area contributed by atoms with Gasteiger partial charge in [-0.3, -0.25) is 0 Å². The topological polar surface area (TPSA) is 30.0 Å². The molecule has 0 bridgehead atoms. The number of rotatable bonds is 2. The van der Waals surface area contributed by atoms with Crippen molar-refractivity contribution < 1.29 is 144 Å². The zero-order valence-corrected chi connectivity index (χ0v) is 37.7. The fourth-order valence-electron chi connectivity index (χ4n) is 0.126. The molecule has 0 aliphatic carbocycles. The van der Waals surface area contributed by atoms with E-state index in [1.165, 1.54) is 62.4 Å². The van der Waals surface area contributed by atoms with Crippen molar-refractivity contribution in [2.75, 3.05) is 6.86 Å². The van der Waals surface area contributed by atoms with Gasteiger partial charge in [-0.15, -0.1) is 0 Å². The van der Waals surface area contributed by atoms with Gasteiger partial charge in [0.1, 0.15) is 0 Å². The summed E-state index contributed by atoms with van der Waals surface area (Å²) in [6.45, 7) is 5.92. The molecule has 0 aromatic heterocycles. The molecule has 0 atom stereocenters. The molecule has 0 aliphatic heterocycles. The van der Waals surface area contributed by atoms with Gasteiger partial charge in [0.2, 0.25) is 0 Å². The van der Waals surface area contributed by atoms with Gasteiger partial charge in [-0.25, -0.2) is 8.78 Å². The summed E-state index contributed by atoms with van der Waals surface area (Å²) in [6, 6.07) is 0. The van der Waals surface area contributed by atoms with E-state index in [-0.39, 0.29) is 92.9 Å². The van der Waals surface area contributed by atoms with E-state index in [9.17, 15) is 52.7 Å². The van der Waals surface area contributed by atoms with Crippen LogP contribution in [0.5, 0.6) is 0 Å². The van der Waals surface area contributed by atoms with Gasteiger partial charge in [0.15, 0.2) is 0 Å². The van der Waals surface area contributed by atoms with E-state index < -0.39 is 35.8 Å². The van der Waals surface area contributed by atoms with E-state index >= 15 is 0 Å². The second-order valence-corrected chi connectivity index (χ2v) is 9.17. The molecule has 0 aromatic rings. The summed E-state index contributed by atoms with van der Waals surface area (Å²) >= 11 is 15.5. The van der Waals surface area contributed by atoms with Crippen LogP contribution >= 0.6 is 122 Å². The molecule has 0 spiro atoms. The zero-order chi connectivity index (χ0) is 27.9. The number of hydrogen-bond donors (Lipinski definition) is 0. The third-order valence-corrected chi connectivity index (χ3v) is 2.58. The first-order valence-electron chi connectivity index (χ1n) is 5.94. The molecule has 0 aromatic carbocycles.